The fourth-order valence-electron chi connectivity index (χ4n) is 3.79. The molecule has 0 radical (unpaired) electrons. The Labute approximate surface area is 266 Å². The molecule has 1 heterocycles. The van der Waals surface area contributed by atoms with E-state index in [0.29, 0.717) is 74.2 Å². The lowest BCUT2D eigenvalue weighted by Gasteiger charge is -2.23. The standard InChI is InChI=1S/C33H46ClN5O5/c1-6-27(10-8-9-18-34)14-20-39(5)33(36-24-29(25-41)38-32(42)28-16-22-43-23-17-28)37-26(3)11-12-30(7-2)44-31(15-21-40)13-19-35-4/h6-9,11-13,15,19,21,24-25,28,35H,2,10,14,16-18,20,22-23H2,1,3-5H3,(H,36,37)(H,38,42)/b9-8-,19-13-,26-11+,27-6+,29-24+,30-12+,31-15+. The predicted octanol–water partition coefficient (Wildman–Crippen LogP) is 4.77. The molecular formula is C33H46ClN5O5. The summed E-state index contributed by atoms with van der Waals surface area (Å²) in [5.41, 5.74) is 2.00. The Morgan fingerprint density at radius 2 is 1.89 bits per heavy atom. The molecule has 11 heteroatoms. The number of amides is 1. The van der Waals surface area contributed by atoms with Crippen LogP contribution in [0, 0.1) is 5.92 Å². The molecule has 0 saturated carbocycles. The summed E-state index contributed by atoms with van der Waals surface area (Å²) in [6.45, 7) is 9.29. The molecule has 0 aromatic carbocycles. The molecule has 1 amide bonds. The highest BCUT2D eigenvalue weighted by Crippen LogP contribution is 2.15. The first kappa shape index (κ1) is 37.9. The van der Waals surface area contributed by atoms with Crippen LogP contribution in [-0.2, 0) is 23.9 Å². The Kier molecular flexibility index (Phi) is 20.1. The van der Waals surface area contributed by atoms with Gasteiger partial charge in [0.05, 0.1) is 11.9 Å². The van der Waals surface area contributed by atoms with Gasteiger partial charge in [-0.05, 0) is 70.0 Å². The third kappa shape index (κ3) is 15.9. The van der Waals surface area contributed by atoms with Crippen molar-refractivity contribution in [1.29, 1.82) is 0 Å². The van der Waals surface area contributed by atoms with Gasteiger partial charge in [0.1, 0.15) is 17.8 Å². The van der Waals surface area contributed by atoms with E-state index in [1.54, 1.807) is 31.5 Å². The Morgan fingerprint density at radius 3 is 2.50 bits per heavy atom. The van der Waals surface area contributed by atoms with E-state index < -0.39 is 0 Å². The summed E-state index contributed by atoms with van der Waals surface area (Å²) in [4.78, 5) is 41.9. The molecular weight excluding hydrogens is 582 g/mol. The largest absolute Gasteiger partial charge is 0.457 e. The lowest BCUT2D eigenvalue weighted by atomic mass is 9.99. The molecule has 1 aliphatic rings. The summed E-state index contributed by atoms with van der Waals surface area (Å²) in [5.74, 6) is 1.23. The smallest absolute Gasteiger partial charge is 0.227 e. The summed E-state index contributed by atoms with van der Waals surface area (Å²) in [6.07, 6.45) is 20.9. The minimum Gasteiger partial charge on any atom is -0.457 e. The summed E-state index contributed by atoms with van der Waals surface area (Å²) < 4.78 is 11.1. The van der Waals surface area contributed by atoms with Crippen molar-refractivity contribution in [1.82, 2.24) is 20.9 Å². The minimum absolute atomic E-state index is 0.0579. The number of allylic oxidation sites excluding steroid dienone is 10. The van der Waals surface area contributed by atoms with Crippen molar-refractivity contribution in [3.63, 3.8) is 0 Å². The van der Waals surface area contributed by atoms with Crippen LogP contribution in [0.4, 0.5) is 0 Å². The van der Waals surface area contributed by atoms with Crippen molar-refractivity contribution in [3.8, 4) is 0 Å². The van der Waals surface area contributed by atoms with E-state index in [0.717, 1.165) is 12.8 Å². The number of aliphatic imine (C=N–C) groups is 1. The molecule has 240 valence electrons. The van der Waals surface area contributed by atoms with Crippen LogP contribution >= 0.6 is 11.6 Å². The maximum Gasteiger partial charge on any atom is 0.227 e. The first-order valence-electron chi connectivity index (χ1n) is 14.4. The van der Waals surface area contributed by atoms with E-state index in [1.807, 2.05) is 37.9 Å². The van der Waals surface area contributed by atoms with Crippen LogP contribution in [0.1, 0.15) is 39.5 Å². The van der Waals surface area contributed by atoms with Gasteiger partial charge in [0.2, 0.25) is 11.9 Å². The van der Waals surface area contributed by atoms with E-state index in [1.165, 1.54) is 23.9 Å². The Hall–Kier alpha value is -4.15. The normalized spacial score (nSPS) is 16.2. The van der Waals surface area contributed by atoms with Gasteiger partial charge in [-0.1, -0.05) is 30.4 Å². The molecule has 0 bridgehead atoms. The predicted molar refractivity (Wildman–Crippen MR) is 177 cm³/mol. The van der Waals surface area contributed by atoms with Crippen molar-refractivity contribution < 1.29 is 23.9 Å². The van der Waals surface area contributed by atoms with Gasteiger partial charge >= 0.3 is 0 Å². The number of aldehydes is 2. The number of ether oxygens (including phenoxy) is 2. The number of carbonyl (C=O) groups is 3. The third-order valence-corrected chi connectivity index (χ3v) is 6.55. The molecule has 1 rings (SSSR count). The van der Waals surface area contributed by atoms with E-state index in [-0.39, 0.29) is 17.5 Å². The molecule has 44 heavy (non-hydrogen) atoms. The summed E-state index contributed by atoms with van der Waals surface area (Å²) in [7, 11) is 3.62. The van der Waals surface area contributed by atoms with Crippen molar-refractivity contribution in [2.24, 2.45) is 10.9 Å². The summed E-state index contributed by atoms with van der Waals surface area (Å²) in [5, 5.41) is 8.80. The molecule has 10 nitrogen and oxygen atoms in total. The van der Waals surface area contributed by atoms with E-state index in [9.17, 15) is 14.4 Å². The average molecular weight is 628 g/mol. The van der Waals surface area contributed by atoms with Crippen LogP contribution in [0.3, 0.4) is 0 Å². The number of hydrogen-bond acceptors (Lipinski definition) is 7. The van der Waals surface area contributed by atoms with E-state index in [4.69, 9.17) is 21.1 Å². The lowest BCUT2D eigenvalue weighted by molar-refractivity contribution is -0.127. The highest BCUT2D eigenvalue weighted by atomic mass is 35.5. The van der Waals surface area contributed by atoms with Gasteiger partial charge in [0.25, 0.3) is 0 Å². The van der Waals surface area contributed by atoms with Crippen LogP contribution in [0.15, 0.2) is 101 Å². The van der Waals surface area contributed by atoms with Crippen LogP contribution < -0.4 is 16.0 Å². The van der Waals surface area contributed by atoms with Crippen molar-refractivity contribution in [2.75, 3.05) is 39.7 Å². The van der Waals surface area contributed by atoms with Gasteiger partial charge in [-0.3, -0.25) is 14.4 Å². The van der Waals surface area contributed by atoms with Gasteiger partial charge in [0.15, 0.2) is 6.29 Å². The molecule has 0 aromatic heterocycles. The zero-order valence-corrected chi connectivity index (χ0v) is 26.9. The van der Waals surface area contributed by atoms with Gasteiger partial charge < -0.3 is 30.3 Å². The molecule has 1 fully saturated rings. The fourth-order valence-corrected chi connectivity index (χ4v) is 3.92. The molecule has 0 atom stereocenters. The number of rotatable bonds is 18. The third-order valence-electron chi connectivity index (χ3n) is 6.38. The van der Waals surface area contributed by atoms with Crippen LogP contribution in [-0.4, -0.2) is 69.1 Å². The second-order valence-corrected chi connectivity index (χ2v) is 9.96. The van der Waals surface area contributed by atoms with E-state index >= 15 is 0 Å². The topological polar surface area (TPSA) is 121 Å². The summed E-state index contributed by atoms with van der Waals surface area (Å²) >= 11 is 5.76. The number of alkyl halides is 1. The number of hydrogen-bond donors (Lipinski definition) is 3. The fraction of sp³-hybridized carbons (Fsp3) is 0.394. The zero-order chi connectivity index (χ0) is 32.6. The van der Waals surface area contributed by atoms with Crippen LogP contribution in [0.2, 0.25) is 0 Å². The minimum atomic E-state index is -0.224. The monoisotopic (exact) mass is 627 g/mol. The second-order valence-electron chi connectivity index (χ2n) is 9.66. The maximum atomic E-state index is 12.7. The highest BCUT2D eigenvalue weighted by Gasteiger charge is 2.22. The highest BCUT2D eigenvalue weighted by molar-refractivity contribution is 6.18. The van der Waals surface area contributed by atoms with Crippen molar-refractivity contribution in [2.45, 2.75) is 39.5 Å². The Balaban J connectivity index is 3.23. The van der Waals surface area contributed by atoms with Gasteiger partial charge in [-0.2, -0.15) is 0 Å². The van der Waals surface area contributed by atoms with Crippen molar-refractivity contribution in [3.05, 3.63) is 96.1 Å². The first-order chi connectivity index (χ1) is 21.3. The number of guanidine groups is 1. The Morgan fingerprint density at radius 1 is 1.14 bits per heavy atom. The zero-order valence-electron chi connectivity index (χ0n) is 26.2. The molecule has 0 aliphatic carbocycles. The number of carbonyl (C=O) groups excluding carboxylic acids is 3. The average Bonchev–Trinajstić information content (AvgIpc) is 3.04. The van der Waals surface area contributed by atoms with Crippen LogP contribution in [0.25, 0.3) is 0 Å². The van der Waals surface area contributed by atoms with Crippen molar-refractivity contribution >= 4 is 36.0 Å². The maximum absolute atomic E-state index is 12.7. The summed E-state index contributed by atoms with van der Waals surface area (Å²) in [6, 6.07) is 0. The number of nitrogens with one attached hydrogen (secondary N) is 3. The molecule has 0 spiro atoms. The molecule has 1 aliphatic heterocycles. The molecule has 0 aromatic rings. The SMILES string of the molecule is C=C/C(=C\C=C(/C)NC(=N/C=C(\C=O)NC(=O)C1CCOCC1)N(C)CC/C(=C/C)C/C=C\CCl)OC(/C=C\NC)=C/C=O. The molecule has 1 saturated heterocycles. The molecule has 0 unspecified atom stereocenters. The second kappa shape index (κ2) is 23.3. The number of nitrogens with zero attached hydrogens (tertiary/aromatic N) is 2. The number of halogens is 1. The van der Waals surface area contributed by atoms with Gasteiger partial charge in [-0.25, -0.2) is 4.99 Å². The quantitative estimate of drug-likeness (QED) is 0.0290. The lowest BCUT2D eigenvalue weighted by Crippen LogP contribution is -2.38. The van der Waals surface area contributed by atoms with E-state index in [2.05, 4.69) is 33.6 Å². The molecule has 3 N–H and O–H groups in total. The van der Waals surface area contributed by atoms with Gasteiger partial charge in [0, 0.05) is 57.4 Å². The van der Waals surface area contributed by atoms with Gasteiger partial charge in [-0.15, -0.1) is 11.6 Å². The first-order valence-corrected chi connectivity index (χ1v) is 15.0. The Bertz CT molecular complexity index is 1190. The van der Waals surface area contributed by atoms with Crippen LogP contribution in [0.5, 0.6) is 0 Å².